The molecular weight excluding hydrogens is 558 g/mol. The van der Waals surface area contributed by atoms with Gasteiger partial charge in [0.15, 0.2) is 5.13 Å². The molecule has 4 heterocycles. The fourth-order valence-electron chi connectivity index (χ4n) is 4.58. The number of nitrogens with one attached hydrogen (secondary N) is 2. The van der Waals surface area contributed by atoms with Gasteiger partial charge in [0.05, 0.1) is 11.3 Å². The van der Waals surface area contributed by atoms with E-state index in [4.69, 9.17) is 4.98 Å². The Morgan fingerprint density at radius 2 is 2.00 bits per heavy atom. The van der Waals surface area contributed by atoms with Gasteiger partial charge in [-0.3, -0.25) is 24.1 Å². The Morgan fingerprint density at radius 1 is 1.24 bits per heavy atom. The van der Waals surface area contributed by atoms with E-state index in [0.29, 0.717) is 42.6 Å². The Morgan fingerprint density at radius 3 is 2.67 bits per heavy atom. The van der Waals surface area contributed by atoms with Crippen LogP contribution in [0.2, 0.25) is 0 Å². The summed E-state index contributed by atoms with van der Waals surface area (Å²) in [7, 11) is 3.81. The van der Waals surface area contributed by atoms with Crippen molar-refractivity contribution in [2.45, 2.75) is 51.5 Å². The third-order valence-corrected chi connectivity index (χ3v) is 7.62. The van der Waals surface area contributed by atoms with Crippen molar-refractivity contribution in [3.05, 3.63) is 57.0 Å². The van der Waals surface area contributed by atoms with Gasteiger partial charge in [-0.25, -0.2) is 14.8 Å². The number of anilines is 2. The molecule has 1 fully saturated rings. The van der Waals surface area contributed by atoms with Crippen LogP contribution in [0.3, 0.4) is 0 Å². The van der Waals surface area contributed by atoms with Crippen molar-refractivity contribution in [1.29, 1.82) is 0 Å². The van der Waals surface area contributed by atoms with E-state index in [1.807, 2.05) is 50.0 Å². The highest BCUT2D eigenvalue weighted by Gasteiger charge is 2.26. The molecule has 4 rings (SSSR count). The van der Waals surface area contributed by atoms with Crippen LogP contribution in [0.5, 0.6) is 0 Å². The zero-order chi connectivity index (χ0) is 30.6. The lowest BCUT2D eigenvalue weighted by molar-refractivity contribution is -0.131. The second-order valence-corrected chi connectivity index (χ2v) is 12.5. The van der Waals surface area contributed by atoms with Gasteiger partial charge in [-0.1, -0.05) is 20.8 Å². The van der Waals surface area contributed by atoms with E-state index in [1.54, 1.807) is 0 Å². The molecule has 224 valence electrons. The number of carbonyl (C=O) groups excluding carboxylic acids is 2. The average molecular weight is 596 g/mol. The molecule has 2 amide bonds. The molecule has 0 saturated carbocycles. The summed E-state index contributed by atoms with van der Waals surface area (Å²) in [5, 5.41) is 17.5. The SMILES string of the molecule is CN(C)CCC(=O)NC1CCCN(c2nc3cc(C(=O)Nc4nc(C(C)(C)C)cs4)ccn3c(=O)c2/C=C/C(=O)O)C1. The Labute approximate surface area is 248 Å². The maximum absolute atomic E-state index is 13.6. The van der Waals surface area contributed by atoms with Crippen molar-refractivity contribution in [3.63, 3.8) is 0 Å². The van der Waals surface area contributed by atoms with Crippen molar-refractivity contribution < 1.29 is 19.5 Å². The first-order valence-corrected chi connectivity index (χ1v) is 14.6. The van der Waals surface area contributed by atoms with Crippen molar-refractivity contribution in [3.8, 4) is 0 Å². The minimum atomic E-state index is -1.20. The molecule has 0 bridgehead atoms. The number of amides is 2. The number of pyridine rings is 1. The Hall–Kier alpha value is -4.10. The number of hydrogen-bond donors (Lipinski definition) is 3. The molecule has 3 N–H and O–H groups in total. The molecule has 0 spiro atoms. The number of piperidine rings is 1. The van der Waals surface area contributed by atoms with E-state index in [-0.39, 0.29) is 28.6 Å². The molecule has 0 radical (unpaired) electrons. The summed E-state index contributed by atoms with van der Waals surface area (Å²) >= 11 is 1.34. The summed E-state index contributed by atoms with van der Waals surface area (Å²) in [6.07, 6.45) is 5.49. The molecule has 0 aromatic carbocycles. The van der Waals surface area contributed by atoms with Gasteiger partial charge in [0.25, 0.3) is 11.5 Å². The maximum Gasteiger partial charge on any atom is 0.328 e. The monoisotopic (exact) mass is 595 g/mol. The first kappa shape index (κ1) is 30.8. The lowest BCUT2D eigenvalue weighted by atomic mass is 9.93. The molecule has 1 saturated heterocycles. The van der Waals surface area contributed by atoms with E-state index in [2.05, 4.69) is 15.6 Å². The van der Waals surface area contributed by atoms with E-state index in [1.165, 1.54) is 40.1 Å². The predicted octanol–water partition coefficient (Wildman–Crippen LogP) is 2.84. The Kier molecular flexibility index (Phi) is 9.42. The smallest absolute Gasteiger partial charge is 0.328 e. The summed E-state index contributed by atoms with van der Waals surface area (Å²) in [5.41, 5.74) is 0.894. The first-order valence-electron chi connectivity index (χ1n) is 13.8. The van der Waals surface area contributed by atoms with Crippen LogP contribution in [0.1, 0.15) is 61.6 Å². The van der Waals surface area contributed by atoms with Crippen molar-refractivity contribution in [1.82, 2.24) is 24.6 Å². The number of aromatic nitrogens is 3. The number of nitrogens with zero attached hydrogens (tertiary/aromatic N) is 5. The molecule has 1 unspecified atom stereocenters. The number of carbonyl (C=O) groups is 3. The number of thiazole rings is 1. The van der Waals surface area contributed by atoms with Gasteiger partial charge in [0, 0.05) is 60.7 Å². The number of rotatable bonds is 9. The van der Waals surface area contributed by atoms with Gasteiger partial charge >= 0.3 is 5.97 Å². The highest BCUT2D eigenvalue weighted by molar-refractivity contribution is 7.14. The maximum atomic E-state index is 13.6. The quantitative estimate of drug-likeness (QED) is 0.318. The summed E-state index contributed by atoms with van der Waals surface area (Å²) in [4.78, 5) is 63.5. The first-order chi connectivity index (χ1) is 19.8. The van der Waals surface area contributed by atoms with E-state index >= 15 is 0 Å². The molecule has 1 atom stereocenters. The van der Waals surface area contributed by atoms with Crippen LogP contribution in [-0.2, 0) is 15.0 Å². The van der Waals surface area contributed by atoms with Crippen LogP contribution in [0.4, 0.5) is 10.9 Å². The zero-order valence-electron chi connectivity index (χ0n) is 24.5. The van der Waals surface area contributed by atoms with Gasteiger partial charge in [-0.15, -0.1) is 11.3 Å². The molecule has 3 aromatic heterocycles. The Balaban J connectivity index is 1.65. The zero-order valence-corrected chi connectivity index (χ0v) is 25.3. The van der Waals surface area contributed by atoms with Crippen molar-refractivity contribution in [2.75, 3.05) is 43.9 Å². The third-order valence-electron chi connectivity index (χ3n) is 6.87. The molecule has 13 heteroatoms. The molecular formula is C29H37N7O5S. The summed E-state index contributed by atoms with van der Waals surface area (Å²) in [6, 6.07) is 2.88. The van der Waals surface area contributed by atoms with Gasteiger partial charge in [-0.2, -0.15) is 0 Å². The Bertz CT molecular complexity index is 1570. The number of carboxylic acids is 1. The predicted molar refractivity (Wildman–Crippen MR) is 163 cm³/mol. The fourth-order valence-corrected chi connectivity index (χ4v) is 5.51. The average Bonchev–Trinajstić information content (AvgIpc) is 3.40. The number of aliphatic carboxylic acids is 1. The van der Waals surface area contributed by atoms with Crippen molar-refractivity contribution in [2.24, 2.45) is 0 Å². The number of carboxylic acid groups (broad SMARTS) is 1. The lowest BCUT2D eigenvalue weighted by Crippen LogP contribution is -2.49. The largest absolute Gasteiger partial charge is 0.478 e. The minimum absolute atomic E-state index is 0.0569. The van der Waals surface area contributed by atoms with Gasteiger partial charge in [0.2, 0.25) is 5.91 Å². The van der Waals surface area contributed by atoms with Crippen LogP contribution in [0, 0.1) is 0 Å². The van der Waals surface area contributed by atoms with Gasteiger partial charge in [0.1, 0.15) is 11.5 Å². The van der Waals surface area contributed by atoms with E-state index < -0.39 is 17.4 Å². The molecule has 0 aliphatic carbocycles. The molecule has 1 aliphatic rings. The second-order valence-electron chi connectivity index (χ2n) is 11.6. The van der Waals surface area contributed by atoms with Gasteiger partial charge in [-0.05, 0) is 45.1 Å². The molecule has 12 nitrogen and oxygen atoms in total. The number of hydrogen-bond acceptors (Lipinski definition) is 9. The number of fused-ring (bicyclic) bond motifs is 1. The standard InChI is InChI=1S/C29H37N7O5S/c1-29(2,3)21-17-42-28(31-21)33-26(40)18-10-14-36-22(15-18)32-25(20(27(36)41)8-9-24(38)39)35-12-6-7-19(16-35)30-23(37)11-13-34(4)5/h8-10,14-15,17,19H,6-7,11-13,16H2,1-5H3,(H,30,37)(H,38,39)(H,31,33,40)/b9-8+. The molecule has 1 aliphatic heterocycles. The molecule has 3 aromatic rings. The van der Waals surface area contributed by atoms with Crippen LogP contribution in [0.25, 0.3) is 11.7 Å². The van der Waals surface area contributed by atoms with Crippen molar-refractivity contribution >= 4 is 51.8 Å². The minimum Gasteiger partial charge on any atom is -0.478 e. The highest BCUT2D eigenvalue weighted by atomic mass is 32.1. The normalized spacial score (nSPS) is 15.9. The van der Waals surface area contributed by atoms with Crippen LogP contribution in [0.15, 0.2) is 34.6 Å². The highest BCUT2D eigenvalue weighted by Crippen LogP contribution is 2.27. The van der Waals surface area contributed by atoms with Crippen LogP contribution < -0.4 is 21.1 Å². The summed E-state index contributed by atoms with van der Waals surface area (Å²) < 4.78 is 1.29. The summed E-state index contributed by atoms with van der Waals surface area (Å²) in [5.74, 6) is -1.34. The summed E-state index contributed by atoms with van der Waals surface area (Å²) in [6.45, 7) is 7.74. The van der Waals surface area contributed by atoms with E-state index in [9.17, 15) is 24.3 Å². The second kappa shape index (κ2) is 12.8. The van der Waals surface area contributed by atoms with Gasteiger partial charge < -0.3 is 20.2 Å². The lowest BCUT2D eigenvalue weighted by Gasteiger charge is -2.34. The molecule has 42 heavy (non-hydrogen) atoms. The third kappa shape index (κ3) is 7.59. The van der Waals surface area contributed by atoms with Crippen LogP contribution in [-0.4, -0.2) is 81.9 Å². The fraction of sp³-hybridized carbons (Fsp3) is 0.448. The van der Waals surface area contributed by atoms with E-state index in [0.717, 1.165) is 24.6 Å². The topological polar surface area (TPSA) is 149 Å². The van der Waals surface area contributed by atoms with Crippen LogP contribution >= 0.6 is 11.3 Å².